The van der Waals surface area contributed by atoms with Gasteiger partial charge in [-0.15, -0.1) is 35.3 Å². The Kier molecular flexibility index (Phi) is 8.45. The Morgan fingerprint density at radius 2 is 2.00 bits per heavy atom. The molecule has 1 aliphatic rings. The Morgan fingerprint density at radius 1 is 1.30 bits per heavy atom. The first-order valence-electron chi connectivity index (χ1n) is 8.59. The number of hydrogen-bond acceptors (Lipinski definition) is 5. The van der Waals surface area contributed by atoms with Crippen LogP contribution in [0.25, 0.3) is 0 Å². The molecule has 0 bridgehead atoms. The maximum Gasteiger partial charge on any atom is 0.269 e. The summed E-state index contributed by atoms with van der Waals surface area (Å²) in [7, 11) is 0. The number of guanidine groups is 1. The van der Waals surface area contributed by atoms with Crippen molar-refractivity contribution in [2.75, 3.05) is 13.1 Å². The number of rotatable bonds is 5. The van der Waals surface area contributed by atoms with Crippen molar-refractivity contribution >= 4 is 47.0 Å². The summed E-state index contributed by atoms with van der Waals surface area (Å²) in [6.45, 7) is 2.68. The lowest BCUT2D eigenvalue weighted by Gasteiger charge is -2.32. The highest BCUT2D eigenvalue weighted by Gasteiger charge is 2.20. The first-order chi connectivity index (χ1) is 12.6. The molecule has 2 N–H and O–H groups in total. The molecule has 1 aromatic heterocycles. The lowest BCUT2D eigenvalue weighted by molar-refractivity contribution is -0.384. The van der Waals surface area contributed by atoms with Gasteiger partial charge in [-0.3, -0.25) is 10.1 Å². The number of piperidine rings is 1. The van der Waals surface area contributed by atoms with Crippen molar-refractivity contribution in [1.29, 1.82) is 0 Å². The molecule has 1 aliphatic heterocycles. The Morgan fingerprint density at radius 3 is 2.59 bits per heavy atom. The normalized spacial score (nSPS) is 15.3. The minimum absolute atomic E-state index is 0. The van der Waals surface area contributed by atoms with E-state index in [0.717, 1.165) is 37.5 Å². The van der Waals surface area contributed by atoms with E-state index >= 15 is 0 Å². The minimum Gasteiger partial charge on any atom is -0.393 e. The molecule has 9 heteroatoms. The fourth-order valence-electron chi connectivity index (χ4n) is 2.81. The second-order valence-electron chi connectivity index (χ2n) is 6.21. The van der Waals surface area contributed by atoms with Gasteiger partial charge >= 0.3 is 0 Å². The fraction of sp³-hybridized carbons (Fsp3) is 0.389. The number of aliphatic hydroxyl groups excluding tert-OH is 1. The third kappa shape index (κ3) is 6.43. The summed E-state index contributed by atoms with van der Waals surface area (Å²) in [5, 5.41) is 25.9. The predicted octanol–water partition coefficient (Wildman–Crippen LogP) is 3.38. The third-order valence-electron chi connectivity index (χ3n) is 4.32. The van der Waals surface area contributed by atoms with Gasteiger partial charge in [0.1, 0.15) is 0 Å². The van der Waals surface area contributed by atoms with Crippen LogP contribution in [0.15, 0.2) is 46.8 Å². The summed E-state index contributed by atoms with van der Waals surface area (Å²) in [5.41, 5.74) is 1.00. The zero-order valence-corrected chi connectivity index (χ0v) is 17.9. The molecule has 0 aliphatic carbocycles. The van der Waals surface area contributed by atoms with E-state index in [1.54, 1.807) is 23.5 Å². The summed E-state index contributed by atoms with van der Waals surface area (Å²) in [6.07, 6.45) is 1.23. The van der Waals surface area contributed by atoms with Crippen LogP contribution >= 0.6 is 35.3 Å². The van der Waals surface area contributed by atoms with E-state index in [-0.39, 0.29) is 35.8 Å². The number of likely N-dealkylation sites (tertiary alicyclic amines) is 1. The van der Waals surface area contributed by atoms with Gasteiger partial charge in [-0.25, -0.2) is 4.99 Å². The summed E-state index contributed by atoms with van der Waals surface area (Å²) < 4.78 is 0. The molecule has 146 valence electrons. The van der Waals surface area contributed by atoms with Crippen molar-refractivity contribution in [2.45, 2.75) is 32.0 Å². The van der Waals surface area contributed by atoms with Crippen LogP contribution in [0.5, 0.6) is 0 Å². The molecule has 2 aromatic rings. The van der Waals surface area contributed by atoms with E-state index in [9.17, 15) is 15.2 Å². The highest BCUT2D eigenvalue weighted by atomic mass is 127. The zero-order chi connectivity index (χ0) is 18.4. The van der Waals surface area contributed by atoms with Gasteiger partial charge in [-0.05, 0) is 29.9 Å². The van der Waals surface area contributed by atoms with Crippen LogP contribution in [0.1, 0.15) is 23.3 Å². The van der Waals surface area contributed by atoms with Crippen molar-refractivity contribution in [3.63, 3.8) is 0 Å². The SMILES string of the molecule is I.O=[N+]([O-])c1ccc(CN=C(NCc2cccs2)N2CCC(O)CC2)cc1. The van der Waals surface area contributed by atoms with E-state index in [1.807, 2.05) is 11.4 Å². The number of thiophene rings is 1. The fourth-order valence-corrected chi connectivity index (χ4v) is 3.46. The van der Waals surface area contributed by atoms with Crippen LogP contribution < -0.4 is 5.32 Å². The molecule has 1 saturated heterocycles. The summed E-state index contributed by atoms with van der Waals surface area (Å²) >= 11 is 1.69. The number of non-ortho nitro benzene ring substituents is 1. The molecule has 1 aromatic carbocycles. The monoisotopic (exact) mass is 502 g/mol. The summed E-state index contributed by atoms with van der Waals surface area (Å²) in [4.78, 5) is 18.4. The van der Waals surface area contributed by atoms with Gasteiger partial charge < -0.3 is 15.3 Å². The van der Waals surface area contributed by atoms with Gasteiger partial charge in [-0.1, -0.05) is 18.2 Å². The standard InChI is InChI=1S/C18H22N4O3S.HI/c23-16-7-9-21(10-8-16)18(20-13-17-2-1-11-26-17)19-12-14-3-5-15(6-4-14)22(24)25;/h1-6,11,16,23H,7-10,12-13H2,(H,19,20);1H. The van der Waals surface area contributed by atoms with E-state index in [2.05, 4.69) is 16.3 Å². The molecule has 0 saturated carbocycles. The number of hydrogen-bond donors (Lipinski definition) is 2. The molecule has 0 radical (unpaired) electrons. The zero-order valence-electron chi connectivity index (χ0n) is 14.8. The largest absolute Gasteiger partial charge is 0.393 e. The predicted molar refractivity (Wildman–Crippen MR) is 118 cm³/mol. The number of aliphatic hydroxyl groups is 1. The summed E-state index contributed by atoms with van der Waals surface area (Å²) in [6, 6.07) is 10.6. The smallest absolute Gasteiger partial charge is 0.269 e. The molecular weight excluding hydrogens is 479 g/mol. The number of nitrogens with one attached hydrogen (secondary N) is 1. The Bertz CT molecular complexity index is 744. The second kappa shape index (κ2) is 10.6. The lowest BCUT2D eigenvalue weighted by atomic mass is 10.1. The molecule has 7 nitrogen and oxygen atoms in total. The first kappa shape index (κ1) is 21.6. The van der Waals surface area contributed by atoms with Gasteiger partial charge in [0, 0.05) is 30.1 Å². The van der Waals surface area contributed by atoms with Crippen molar-refractivity contribution in [2.24, 2.45) is 4.99 Å². The van der Waals surface area contributed by atoms with Gasteiger partial charge in [0.2, 0.25) is 0 Å². The molecule has 2 heterocycles. The maximum atomic E-state index is 10.8. The van der Waals surface area contributed by atoms with Crippen LogP contribution in [0.3, 0.4) is 0 Å². The van der Waals surface area contributed by atoms with E-state index < -0.39 is 4.92 Å². The average molecular weight is 502 g/mol. The van der Waals surface area contributed by atoms with Gasteiger partial charge in [0.15, 0.2) is 5.96 Å². The molecular formula is C18H23IN4O3S. The van der Waals surface area contributed by atoms with Crippen LogP contribution in [-0.2, 0) is 13.1 Å². The number of nitro benzene ring substituents is 1. The topological polar surface area (TPSA) is 91.0 Å². The van der Waals surface area contributed by atoms with Gasteiger partial charge in [0.05, 0.1) is 24.1 Å². The number of aliphatic imine (C=N–C) groups is 1. The molecule has 1 fully saturated rings. The van der Waals surface area contributed by atoms with Crippen LogP contribution in [-0.4, -0.2) is 40.1 Å². The third-order valence-corrected chi connectivity index (χ3v) is 5.20. The number of nitro groups is 1. The molecule has 0 unspecified atom stereocenters. The lowest BCUT2D eigenvalue weighted by Crippen LogP contribution is -2.46. The van der Waals surface area contributed by atoms with Crippen molar-refractivity contribution in [3.05, 3.63) is 62.3 Å². The van der Waals surface area contributed by atoms with Crippen LogP contribution in [0, 0.1) is 10.1 Å². The quantitative estimate of drug-likeness (QED) is 0.215. The first-order valence-corrected chi connectivity index (χ1v) is 9.47. The minimum atomic E-state index is -0.403. The van der Waals surface area contributed by atoms with Crippen molar-refractivity contribution in [1.82, 2.24) is 10.2 Å². The van der Waals surface area contributed by atoms with Gasteiger partial charge in [0.25, 0.3) is 5.69 Å². The molecule has 3 rings (SSSR count). The van der Waals surface area contributed by atoms with E-state index in [4.69, 9.17) is 4.99 Å². The molecule has 0 spiro atoms. The van der Waals surface area contributed by atoms with Gasteiger partial charge in [-0.2, -0.15) is 0 Å². The number of benzene rings is 1. The highest BCUT2D eigenvalue weighted by Crippen LogP contribution is 2.14. The number of halogens is 1. The molecule has 27 heavy (non-hydrogen) atoms. The average Bonchev–Trinajstić information content (AvgIpc) is 3.17. The Labute approximate surface area is 179 Å². The molecule has 0 amide bonds. The van der Waals surface area contributed by atoms with E-state index in [0.29, 0.717) is 13.1 Å². The van der Waals surface area contributed by atoms with E-state index in [1.165, 1.54) is 17.0 Å². The summed E-state index contributed by atoms with van der Waals surface area (Å²) in [5.74, 6) is 0.809. The Balaban J connectivity index is 0.00000261. The van der Waals surface area contributed by atoms with Crippen LogP contribution in [0.2, 0.25) is 0 Å². The Hall–Kier alpha value is -1.72. The second-order valence-corrected chi connectivity index (χ2v) is 7.25. The van der Waals surface area contributed by atoms with Crippen molar-refractivity contribution in [3.8, 4) is 0 Å². The van der Waals surface area contributed by atoms with Crippen molar-refractivity contribution < 1.29 is 10.0 Å². The maximum absolute atomic E-state index is 10.8. The van der Waals surface area contributed by atoms with Crippen LogP contribution in [0.4, 0.5) is 5.69 Å². The number of nitrogens with zero attached hydrogens (tertiary/aromatic N) is 3. The highest BCUT2D eigenvalue weighted by molar-refractivity contribution is 14.0. The molecule has 0 atom stereocenters.